The molecule has 1 aromatic rings. The molecule has 52 heavy (non-hydrogen) atoms. The van der Waals surface area contributed by atoms with Crippen LogP contribution in [0.2, 0.25) is 26.2 Å². The van der Waals surface area contributed by atoms with E-state index in [1.165, 1.54) is 11.1 Å². The van der Waals surface area contributed by atoms with Gasteiger partial charge in [0.05, 0.1) is 5.60 Å². The van der Waals surface area contributed by atoms with E-state index in [2.05, 4.69) is 119 Å². The van der Waals surface area contributed by atoms with Crippen LogP contribution in [0.4, 0.5) is 0 Å². The minimum absolute atomic E-state index is 0.0234. The van der Waals surface area contributed by atoms with E-state index >= 15 is 0 Å². The van der Waals surface area contributed by atoms with Crippen LogP contribution in [0.5, 0.6) is 5.75 Å². The van der Waals surface area contributed by atoms with Gasteiger partial charge in [0.2, 0.25) is 0 Å². The van der Waals surface area contributed by atoms with Gasteiger partial charge in [-0.2, -0.15) is 0 Å². The summed E-state index contributed by atoms with van der Waals surface area (Å²) in [5, 5.41) is 0. The normalized spacial score (nSPS) is 30.2. The second kappa shape index (κ2) is 17.1. The van der Waals surface area contributed by atoms with Gasteiger partial charge in [-0.3, -0.25) is 0 Å². The first-order valence-corrected chi connectivity index (χ1v) is 25.6. The Balaban J connectivity index is 1.67. The lowest BCUT2D eigenvalue weighted by atomic mass is 9.59. The lowest BCUT2D eigenvalue weighted by Crippen LogP contribution is -2.58. The van der Waals surface area contributed by atoms with Crippen LogP contribution in [0.3, 0.4) is 0 Å². The number of rotatable bonds is 13. The fraction of sp³-hybridized carbons (Fsp3) is 0.721. The van der Waals surface area contributed by atoms with E-state index in [4.69, 9.17) is 23.1 Å². The SMILES string of the molecule is CCC(Oc1ccc(C(C)C)cc1)C(=O)O[C@H]1C[C@H](C(C)(C)C)C=C2C=C[C@H](C)[C@](CC[C@@H]3C[C@H](C(C)(C)C)C(O[SiH](C)C)C(=O)O3)(O[SiH](C)C)[C@H]21. The summed E-state index contributed by atoms with van der Waals surface area (Å²) in [7, 11) is -3.08. The van der Waals surface area contributed by atoms with E-state index in [0.29, 0.717) is 37.4 Å². The van der Waals surface area contributed by atoms with Crippen LogP contribution in [0.1, 0.15) is 113 Å². The fourth-order valence-electron chi connectivity index (χ4n) is 8.53. The average Bonchev–Trinajstić information content (AvgIpc) is 3.03. The average molecular weight is 755 g/mol. The molecule has 7 nitrogen and oxygen atoms in total. The first-order chi connectivity index (χ1) is 24.2. The lowest BCUT2D eigenvalue weighted by molar-refractivity contribution is -0.180. The van der Waals surface area contributed by atoms with Crippen LogP contribution in [0.25, 0.3) is 0 Å². The number of fused-ring (bicyclic) bond motifs is 1. The summed E-state index contributed by atoms with van der Waals surface area (Å²) in [5.41, 5.74) is 1.65. The van der Waals surface area contributed by atoms with E-state index in [9.17, 15) is 9.59 Å². The van der Waals surface area contributed by atoms with Gasteiger partial charge in [-0.25, -0.2) is 9.59 Å². The standard InChI is InChI=1S/C43H70O7Si2/c1-15-35(46-32-20-18-29(19-21-32)27(2)3)39(44)48-36-25-31(41(5,6)7)24-30-17-16-28(4)43(37(30)36,50-52(13)14)23-22-33-26-34(42(8,9)10)38(40(45)47-33)49-51(11)12/h16-21,24,27-28,31,33-38,51-52H,15,22-23,25-26H2,1-14H3/t28-,31+,33+,34-,35?,36-,37+,38?,43-/m0/s1. The number of carbonyl (C=O) groups excluding carboxylic acids is 2. The van der Waals surface area contributed by atoms with Crippen molar-refractivity contribution in [2.45, 2.75) is 163 Å². The van der Waals surface area contributed by atoms with Gasteiger partial charge in [0.25, 0.3) is 0 Å². The van der Waals surface area contributed by atoms with Crippen LogP contribution in [0.15, 0.2) is 48.1 Å². The van der Waals surface area contributed by atoms with Crippen LogP contribution >= 0.6 is 0 Å². The Kier molecular flexibility index (Phi) is 14.0. The van der Waals surface area contributed by atoms with Crippen molar-refractivity contribution < 1.29 is 32.7 Å². The molecule has 4 rings (SSSR count). The highest BCUT2D eigenvalue weighted by Gasteiger charge is 2.55. The number of hydrogen-bond donors (Lipinski definition) is 0. The Labute approximate surface area is 319 Å². The highest BCUT2D eigenvalue weighted by Crippen LogP contribution is 2.53. The molecule has 1 aromatic carbocycles. The summed E-state index contributed by atoms with van der Waals surface area (Å²) < 4.78 is 32.7. The predicted octanol–water partition coefficient (Wildman–Crippen LogP) is 9.56. The molecule has 0 radical (unpaired) electrons. The van der Waals surface area contributed by atoms with Crippen LogP contribution in [0, 0.1) is 34.5 Å². The van der Waals surface area contributed by atoms with E-state index < -0.39 is 42.0 Å². The van der Waals surface area contributed by atoms with Crippen molar-refractivity contribution >= 4 is 30.0 Å². The van der Waals surface area contributed by atoms with Crippen LogP contribution in [-0.2, 0) is 27.9 Å². The van der Waals surface area contributed by atoms with Crippen LogP contribution < -0.4 is 4.74 Å². The van der Waals surface area contributed by atoms with Crippen molar-refractivity contribution in [3.05, 3.63) is 53.6 Å². The van der Waals surface area contributed by atoms with Gasteiger partial charge < -0.3 is 23.1 Å². The molecule has 9 atom stereocenters. The number of cyclic esters (lactones) is 1. The molecular formula is C43H70O7Si2. The molecule has 3 aliphatic rings. The maximum absolute atomic E-state index is 14.2. The summed E-state index contributed by atoms with van der Waals surface area (Å²) in [6.07, 6.45) is 8.38. The van der Waals surface area contributed by atoms with Gasteiger partial charge in [0.1, 0.15) is 24.1 Å². The van der Waals surface area contributed by atoms with Gasteiger partial charge in [-0.1, -0.05) is 99.6 Å². The predicted molar refractivity (Wildman–Crippen MR) is 216 cm³/mol. The third-order valence-corrected chi connectivity index (χ3v) is 13.3. The largest absolute Gasteiger partial charge is 0.479 e. The number of ether oxygens (including phenoxy) is 3. The number of esters is 2. The quantitative estimate of drug-likeness (QED) is 0.147. The Morgan fingerprint density at radius 1 is 0.981 bits per heavy atom. The smallest absolute Gasteiger partial charge is 0.347 e. The monoisotopic (exact) mass is 754 g/mol. The van der Waals surface area contributed by atoms with Gasteiger partial charge in [-0.05, 0) is 104 Å². The van der Waals surface area contributed by atoms with E-state index in [-0.39, 0.29) is 52.5 Å². The Morgan fingerprint density at radius 3 is 2.17 bits per heavy atom. The molecule has 2 aliphatic carbocycles. The number of allylic oxidation sites excluding steroid dienone is 2. The Hall–Kier alpha value is -2.21. The van der Waals surface area contributed by atoms with E-state index in [1.54, 1.807) is 0 Å². The molecule has 1 saturated heterocycles. The lowest BCUT2D eigenvalue weighted by Gasteiger charge is -2.54. The topological polar surface area (TPSA) is 80.3 Å². The molecule has 2 unspecified atom stereocenters. The number of carbonyl (C=O) groups is 2. The van der Waals surface area contributed by atoms with E-state index in [0.717, 1.165) is 6.42 Å². The van der Waals surface area contributed by atoms with Gasteiger partial charge in [0.15, 0.2) is 24.2 Å². The maximum atomic E-state index is 14.2. The van der Waals surface area contributed by atoms with Crippen molar-refractivity contribution in [2.24, 2.45) is 34.5 Å². The second-order valence-electron chi connectivity index (χ2n) is 18.7. The Bertz CT molecular complexity index is 1420. The first kappa shape index (κ1) is 42.5. The molecule has 0 aromatic heterocycles. The van der Waals surface area contributed by atoms with Crippen LogP contribution in [-0.4, -0.2) is 60.0 Å². The molecule has 9 heteroatoms. The minimum atomic E-state index is -1.62. The van der Waals surface area contributed by atoms with Gasteiger partial charge in [-0.15, -0.1) is 0 Å². The molecule has 1 fully saturated rings. The maximum Gasteiger partial charge on any atom is 0.347 e. The highest BCUT2D eigenvalue weighted by atomic mass is 28.3. The Morgan fingerprint density at radius 2 is 1.63 bits per heavy atom. The van der Waals surface area contributed by atoms with Crippen molar-refractivity contribution in [2.75, 3.05) is 0 Å². The summed E-state index contributed by atoms with van der Waals surface area (Å²) in [6.45, 7) is 30.6. The molecular weight excluding hydrogens is 685 g/mol. The van der Waals surface area contributed by atoms with Gasteiger partial charge >= 0.3 is 11.9 Å². The number of hydrogen-bond acceptors (Lipinski definition) is 7. The summed E-state index contributed by atoms with van der Waals surface area (Å²) in [5.74, 6) is 0.696. The van der Waals surface area contributed by atoms with E-state index in [1.807, 2.05) is 19.1 Å². The van der Waals surface area contributed by atoms with Crippen molar-refractivity contribution in [3.8, 4) is 5.75 Å². The molecule has 0 amide bonds. The first-order valence-electron chi connectivity index (χ1n) is 20.1. The summed E-state index contributed by atoms with van der Waals surface area (Å²) >= 11 is 0. The van der Waals surface area contributed by atoms with Crippen molar-refractivity contribution in [1.29, 1.82) is 0 Å². The second-order valence-corrected chi connectivity index (χ2v) is 23.4. The molecule has 0 saturated carbocycles. The van der Waals surface area contributed by atoms with Crippen molar-refractivity contribution in [3.63, 3.8) is 0 Å². The molecule has 1 heterocycles. The molecule has 1 aliphatic heterocycles. The molecule has 0 spiro atoms. The fourth-order valence-corrected chi connectivity index (χ4v) is 10.8. The zero-order valence-electron chi connectivity index (χ0n) is 34.8. The third kappa shape index (κ3) is 10.1. The third-order valence-electron chi connectivity index (χ3n) is 11.6. The highest BCUT2D eigenvalue weighted by molar-refractivity contribution is 6.49. The minimum Gasteiger partial charge on any atom is -0.479 e. The zero-order valence-corrected chi connectivity index (χ0v) is 37.1. The van der Waals surface area contributed by atoms with Crippen molar-refractivity contribution in [1.82, 2.24) is 0 Å². The zero-order chi connectivity index (χ0) is 38.8. The number of benzene rings is 1. The summed E-state index contributed by atoms with van der Waals surface area (Å²) in [4.78, 5) is 27.7. The molecule has 0 N–H and O–H groups in total. The van der Waals surface area contributed by atoms with Gasteiger partial charge in [0, 0.05) is 17.8 Å². The molecule has 292 valence electrons. The summed E-state index contributed by atoms with van der Waals surface area (Å²) in [6, 6.07) is 8.02. The molecule has 0 bridgehead atoms.